The van der Waals surface area contributed by atoms with Crippen molar-refractivity contribution in [2.24, 2.45) is 0 Å². The molecule has 1 aromatic carbocycles. The van der Waals surface area contributed by atoms with Crippen molar-refractivity contribution in [1.29, 1.82) is 0 Å². The fourth-order valence-corrected chi connectivity index (χ4v) is 2.62. The molecule has 0 spiro atoms. The maximum atomic E-state index is 5.93. The van der Waals surface area contributed by atoms with Crippen LogP contribution in [-0.2, 0) is 6.42 Å². The van der Waals surface area contributed by atoms with Gasteiger partial charge >= 0.3 is 6.01 Å². The Kier molecular flexibility index (Phi) is 3.44. The zero-order valence-corrected chi connectivity index (χ0v) is 12.2. The molecule has 0 N–H and O–H groups in total. The monoisotopic (exact) mass is 290 g/mol. The highest BCUT2D eigenvalue weighted by molar-refractivity contribution is 6.28. The third-order valence-electron chi connectivity index (χ3n) is 3.35. The Bertz CT molecular complexity index is 647. The summed E-state index contributed by atoms with van der Waals surface area (Å²) in [6.07, 6.45) is 2.13. The average molecular weight is 291 g/mol. The maximum absolute atomic E-state index is 5.93. The molecule has 1 aliphatic rings. The van der Waals surface area contributed by atoms with Crippen LogP contribution in [0.4, 0.5) is 11.6 Å². The SMILES string of the molecule is COc1nc(Cl)nc(N2CCCc3cc(C)ccc32)n1. The number of methoxy groups -OCH3 is 1. The van der Waals surface area contributed by atoms with E-state index in [1.807, 2.05) is 0 Å². The van der Waals surface area contributed by atoms with Gasteiger partial charge in [-0.2, -0.15) is 15.0 Å². The van der Waals surface area contributed by atoms with Gasteiger partial charge in [-0.1, -0.05) is 17.7 Å². The number of hydrogen-bond acceptors (Lipinski definition) is 5. The molecule has 0 bridgehead atoms. The van der Waals surface area contributed by atoms with Crippen LogP contribution in [0.2, 0.25) is 5.28 Å². The minimum atomic E-state index is 0.145. The first kappa shape index (κ1) is 13.1. The van der Waals surface area contributed by atoms with Crippen molar-refractivity contribution in [3.05, 3.63) is 34.6 Å². The van der Waals surface area contributed by atoms with E-state index in [0.29, 0.717) is 5.95 Å². The van der Waals surface area contributed by atoms with Crippen LogP contribution in [0, 0.1) is 6.92 Å². The van der Waals surface area contributed by atoms with Crippen molar-refractivity contribution in [2.45, 2.75) is 19.8 Å². The average Bonchev–Trinajstić information content (AvgIpc) is 2.45. The Balaban J connectivity index is 2.06. The van der Waals surface area contributed by atoms with E-state index in [9.17, 15) is 0 Å². The van der Waals surface area contributed by atoms with Crippen LogP contribution < -0.4 is 9.64 Å². The Labute approximate surface area is 122 Å². The van der Waals surface area contributed by atoms with Crippen LogP contribution in [0.25, 0.3) is 0 Å². The molecule has 20 heavy (non-hydrogen) atoms. The fourth-order valence-electron chi connectivity index (χ4n) is 2.47. The van der Waals surface area contributed by atoms with Gasteiger partial charge in [0.2, 0.25) is 11.2 Å². The summed E-state index contributed by atoms with van der Waals surface area (Å²) >= 11 is 5.93. The lowest BCUT2D eigenvalue weighted by molar-refractivity contribution is 0.378. The molecular formula is C14H15ClN4O. The summed E-state index contributed by atoms with van der Waals surface area (Å²) < 4.78 is 5.06. The molecule has 6 heteroatoms. The summed E-state index contributed by atoms with van der Waals surface area (Å²) in [7, 11) is 1.52. The van der Waals surface area contributed by atoms with Crippen LogP contribution in [0.1, 0.15) is 17.5 Å². The Hall–Kier alpha value is -1.88. The normalized spacial score (nSPS) is 14.1. The van der Waals surface area contributed by atoms with E-state index in [1.165, 1.54) is 18.2 Å². The number of ether oxygens (including phenoxy) is 1. The number of anilines is 2. The van der Waals surface area contributed by atoms with E-state index in [2.05, 4.69) is 45.0 Å². The molecule has 0 saturated heterocycles. The van der Waals surface area contributed by atoms with Crippen molar-refractivity contribution in [2.75, 3.05) is 18.6 Å². The van der Waals surface area contributed by atoms with Crippen molar-refractivity contribution >= 4 is 23.2 Å². The lowest BCUT2D eigenvalue weighted by atomic mass is 10.00. The van der Waals surface area contributed by atoms with Gasteiger partial charge in [-0.3, -0.25) is 0 Å². The number of nitrogens with zero attached hydrogens (tertiary/aromatic N) is 4. The third kappa shape index (κ3) is 2.41. The summed E-state index contributed by atoms with van der Waals surface area (Å²) in [6.45, 7) is 2.96. The van der Waals surface area contributed by atoms with E-state index < -0.39 is 0 Å². The molecule has 0 unspecified atom stereocenters. The molecule has 3 rings (SSSR count). The second-order valence-corrected chi connectivity index (χ2v) is 5.12. The molecule has 1 aromatic heterocycles. The van der Waals surface area contributed by atoms with Crippen LogP contribution in [0.5, 0.6) is 6.01 Å². The number of hydrogen-bond donors (Lipinski definition) is 0. The van der Waals surface area contributed by atoms with Gasteiger partial charge in [0.1, 0.15) is 0 Å². The number of fused-ring (bicyclic) bond motifs is 1. The van der Waals surface area contributed by atoms with Crippen LogP contribution >= 0.6 is 11.6 Å². The molecule has 0 atom stereocenters. The number of aryl methyl sites for hydroxylation is 2. The first-order valence-electron chi connectivity index (χ1n) is 6.50. The third-order valence-corrected chi connectivity index (χ3v) is 3.52. The molecule has 0 radical (unpaired) electrons. The lowest BCUT2D eigenvalue weighted by Crippen LogP contribution is -2.26. The van der Waals surface area contributed by atoms with Crippen molar-refractivity contribution < 1.29 is 4.74 Å². The van der Waals surface area contributed by atoms with Crippen LogP contribution in [0.15, 0.2) is 18.2 Å². The largest absolute Gasteiger partial charge is 0.467 e. The highest BCUT2D eigenvalue weighted by Gasteiger charge is 2.21. The first-order chi connectivity index (χ1) is 9.67. The quantitative estimate of drug-likeness (QED) is 0.851. The van der Waals surface area contributed by atoms with Crippen molar-refractivity contribution in [3.8, 4) is 6.01 Å². The minimum absolute atomic E-state index is 0.145. The van der Waals surface area contributed by atoms with Gasteiger partial charge in [0, 0.05) is 12.2 Å². The van der Waals surface area contributed by atoms with E-state index >= 15 is 0 Å². The van der Waals surface area contributed by atoms with E-state index in [4.69, 9.17) is 16.3 Å². The lowest BCUT2D eigenvalue weighted by Gasteiger charge is -2.29. The molecule has 0 fully saturated rings. The van der Waals surface area contributed by atoms with Gasteiger partial charge in [0.25, 0.3) is 0 Å². The predicted molar refractivity (Wildman–Crippen MR) is 77.9 cm³/mol. The van der Waals surface area contributed by atoms with E-state index in [-0.39, 0.29) is 11.3 Å². The summed E-state index contributed by atoms with van der Waals surface area (Å²) in [4.78, 5) is 14.5. The summed E-state index contributed by atoms with van der Waals surface area (Å²) in [5.74, 6) is 0.534. The molecule has 104 valence electrons. The number of aromatic nitrogens is 3. The van der Waals surface area contributed by atoms with Gasteiger partial charge in [-0.25, -0.2) is 0 Å². The molecular weight excluding hydrogens is 276 g/mol. The number of halogens is 1. The molecule has 1 aliphatic heterocycles. The predicted octanol–water partition coefficient (Wildman–Crippen LogP) is 2.93. The van der Waals surface area contributed by atoms with Gasteiger partial charge < -0.3 is 9.64 Å². The zero-order chi connectivity index (χ0) is 14.1. The maximum Gasteiger partial charge on any atom is 0.322 e. The van der Waals surface area contributed by atoms with Crippen molar-refractivity contribution in [3.63, 3.8) is 0 Å². The van der Waals surface area contributed by atoms with Gasteiger partial charge in [0.05, 0.1) is 7.11 Å². The van der Waals surface area contributed by atoms with E-state index in [0.717, 1.165) is 25.1 Å². The summed E-state index contributed by atoms with van der Waals surface area (Å²) in [6, 6.07) is 6.64. The van der Waals surface area contributed by atoms with Crippen LogP contribution in [-0.4, -0.2) is 28.6 Å². The number of benzene rings is 1. The molecule has 2 aromatic rings. The molecule has 5 nitrogen and oxygen atoms in total. The van der Waals surface area contributed by atoms with Gasteiger partial charge in [-0.15, -0.1) is 0 Å². The molecule has 0 amide bonds. The van der Waals surface area contributed by atoms with Gasteiger partial charge in [0.15, 0.2) is 0 Å². The smallest absolute Gasteiger partial charge is 0.322 e. The summed E-state index contributed by atoms with van der Waals surface area (Å²) in [5, 5.41) is 0.145. The summed E-state index contributed by atoms with van der Waals surface area (Å²) in [5.41, 5.74) is 3.70. The standard InChI is InChI=1S/C14H15ClN4O/c1-9-5-6-11-10(8-9)4-3-7-19(11)13-16-12(15)17-14(18-13)20-2/h5-6,8H,3-4,7H2,1-2H3. The first-order valence-corrected chi connectivity index (χ1v) is 6.88. The second kappa shape index (κ2) is 5.25. The van der Waals surface area contributed by atoms with Gasteiger partial charge in [-0.05, 0) is 43.0 Å². The Morgan fingerprint density at radius 1 is 1.25 bits per heavy atom. The highest BCUT2D eigenvalue weighted by atomic mass is 35.5. The number of rotatable bonds is 2. The fraction of sp³-hybridized carbons (Fsp3) is 0.357. The zero-order valence-electron chi connectivity index (χ0n) is 11.4. The highest BCUT2D eigenvalue weighted by Crippen LogP contribution is 2.32. The topological polar surface area (TPSA) is 51.1 Å². The molecule has 0 saturated carbocycles. The minimum Gasteiger partial charge on any atom is -0.467 e. The Morgan fingerprint density at radius 2 is 2.10 bits per heavy atom. The molecule has 2 heterocycles. The van der Waals surface area contributed by atoms with E-state index in [1.54, 1.807) is 0 Å². The molecule has 0 aliphatic carbocycles. The Morgan fingerprint density at radius 3 is 2.90 bits per heavy atom. The van der Waals surface area contributed by atoms with Crippen LogP contribution in [0.3, 0.4) is 0 Å². The second-order valence-electron chi connectivity index (χ2n) is 4.78. The van der Waals surface area contributed by atoms with Crippen molar-refractivity contribution in [1.82, 2.24) is 15.0 Å².